The molecule has 0 aliphatic carbocycles. The van der Waals surface area contributed by atoms with Gasteiger partial charge in [0.15, 0.2) is 0 Å². The highest BCUT2D eigenvalue weighted by Gasteiger charge is 2.07. The summed E-state index contributed by atoms with van der Waals surface area (Å²) in [6.45, 7) is 2.25. The molecule has 17 heavy (non-hydrogen) atoms. The lowest BCUT2D eigenvalue weighted by Gasteiger charge is -2.11. The van der Waals surface area contributed by atoms with Gasteiger partial charge in [0, 0.05) is 6.07 Å². The van der Waals surface area contributed by atoms with Gasteiger partial charge in [-0.3, -0.25) is 4.79 Å². The molecule has 1 aromatic carbocycles. The Morgan fingerprint density at radius 1 is 1.29 bits per heavy atom. The lowest BCUT2D eigenvalue weighted by molar-refractivity contribution is -0.140. The van der Waals surface area contributed by atoms with Crippen molar-refractivity contribution in [2.75, 3.05) is 32.7 Å². The molecule has 1 N–H and O–H groups in total. The van der Waals surface area contributed by atoms with Gasteiger partial charge in [-0.15, -0.1) is 0 Å². The summed E-state index contributed by atoms with van der Waals surface area (Å²) >= 11 is 0. The Bertz CT molecular complexity index is 379. The van der Waals surface area contributed by atoms with E-state index in [4.69, 9.17) is 14.2 Å². The number of ether oxygens (including phenoxy) is 3. The van der Waals surface area contributed by atoms with Gasteiger partial charge in [0.2, 0.25) is 0 Å². The molecule has 0 aromatic heterocycles. The minimum atomic E-state index is -0.301. The van der Waals surface area contributed by atoms with Gasteiger partial charge in [-0.2, -0.15) is 0 Å². The van der Waals surface area contributed by atoms with E-state index >= 15 is 0 Å². The zero-order valence-corrected chi connectivity index (χ0v) is 10.3. The number of rotatable bonds is 6. The maximum atomic E-state index is 11.2. The van der Waals surface area contributed by atoms with Crippen LogP contribution in [0.1, 0.15) is 6.92 Å². The van der Waals surface area contributed by atoms with E-state index in [1.807, 2.05) is 0 Å². The fraction of sp³-hybridized carbons (Fsp3) is 0.417. The molecule has 0 spiro atoms. The second-order valence-electron chi connectivity index (χ2n) is 3.22. The number of carbonyl (C=O) groups is 1. The Balaban J connectivity index is 2.67. The van der Waals surface area contributed by atoms with Crippen molar-refractivity contribution in [2.24, 2.45) is 0 Å². The minimum Gasteiger partial charge on any atom is -0.497 e. The third kappa shape index (κ3) is 3.86. The van der Waals surface area contributed by atoms with Crippen LogP contribution in [-0.2, 0) is 9.53 Å². The number of benzene rings is 1. The smallest absolute Gasteiger partial charge is 0.325 e. The molecule has 0 heterocycles. The van der Waals surface area contributed by atoms with E-state index in [9.17, 15) is 4.79 Å². The van der Waals surface area contributed by atoms with Crippen LogP contribution in [0.15, 0.2) is 18.2 Å². The molecule has 0 saturated heterocycles. The fourth-order valence-corrected chi connectivity index (χ4v) is 1.32. The topological polar surface area (TPSA) is 56.8 Å². The molecule has 0 aliphatic rings. The molecular weight excluding hydrogens is 222 g/mol. The summed E-state index contributed by atoms with van der Waals surface area (Å²) in [6, 6.07) is 5.32. The summed E-state index contributed by atoms with van der Waals surface area (Å²) < 4.78 is 15.1. The van der Waals surface area contributed by atoms with Crippen LogP contribution in [0.4, 0.5) is 5.69 Å². The van der Waals surface area contributed by atoms with E-state index < -0.39 is 0 Å². The standard InChI is InChI=1S/C12H17NO4/c1-4-17-12(14)8-13-10-6-5-9(15-2)7-11(10)16-3/h5-7,13H,4,8H2,1-3H3. The number of esters is 1. The van der Waals surface area contributed by atoms with Crippen molar-refractivity contribution < 1.29 is 19.0 Å². The van der Waals surface area contributed by atoms with Crippen molar-refractivity contribution >= 4 is 11.7 Å². The highest BCUT2D eigenvalue weighted by molar-refractivity contribution is 5.76. The molecule has 1 aromatic rings. The molecule has 0 unspecified atom stereocenters. The van der Waals surface area contributed by atoms with Crippen molar-refractivity contribution in [1.82, 2.24) is 0 Å². The van der Waals surface area contributed by atoms with Crippen LogP contribution in [0.3, 0.4) is 0 Å². The quantitative estimate of drug-likeness (QED) is 0.765. The molecule has 0 radical (unpaired) electrons. The van der Waals surface area contributed by atoms with Gasteiger partial charge in [-0.05, 0) is 19.1 Å². The minimum absolute atomic E-state index is 0.108. The number of methoxy groups -OCH3 is 2. The Morgan fingerprint density at radius 3 is 2.65 bits per heavy atom. The number of carbonyl (C=O) groups excluding carboxylic acids is 1. The average molecular weight is 239 g/mol. The molecule has 0 saturated carbocycles. The van der Waals surface area contributed by atoms with Crippen molar-refractivity contribution in [3.05, 3.63) is 18.2 Å². The third-order valence-electron chi connectivity index (χ3n) is 2.14. The van der Waals surface area contributed by atoms with Crippen LogP contribution in [0.25, 0.3) is 0 Å². The number of hydrogen-bond acceptors (Lipinski definition) is 5. The van der Waals surface area contributed by atoms with Crippen LogP contribution < -0.4 is 14.8 Å². The summed E-state index contributed by atoms with van der Waals surface area (Å²) in [5.41, 5.74) is 0.723. The normalized spacial score (nSPS) is 9.59. The summed E-state index contributed by atoms with van der Waals surface area (Å²) in [5, 5.41) is 2.94. The highest BCUT2D eigenvalue weighted by atomic mass is 16.5. The Morgan fingerprint density at radius 2 is 2.06 bits per heavy atom. The molecular formula is C12H17NO4. The van der Waals surface area contributed by atoms with Gasteiger partial charge in [0.05, 0.1) is 26.5 Å². The maximum Gasteiger partial charge on any atom is 0.325 e. The monoisotopic (exact) mass is 239 g/mol. The zero-order valence-electron chi connectivity index (χ0n) is 10.3. The van der Waals surface area contributed by atoms with Gasteiger partial charge in [0.25, 0.3) is 0 Å². The average Bonchev–Trinajstić information content (AvgIpc) is 2.36. The number of nitrogens with one attached hydrogen (secondary N) is 1. The molecule has 0 amide bonds. The first-order valence-electron chi connectivity index (χ1n) is 5.32. The van der Waals surface area contributed by atoms with E-state index in [1.54, 1.807) is 39.3 Å². The molecule has 0 aliphatic heterocycles. The molecule has 0 atom stereocenters. The molecule has 0 fully saturated rings. The van der Waals surface area contributed by atoms with Crippen LogP contribution in [0.5, 0.6) is 11.5 Å². The van der Waals surface area contributed by atoms with Crippen molar-refractivity contribution in [2.45, 2.75) is 6.92 Å². The molecule has 0 bridgehead atoms. The van der Waals surface area contributed by atoms with Crippen molar-refractivity contribution in [3.8, 4) is 11.5 Å². The van der Waals surface area contributed by atoms with E-state index in [0.29, 0.717) is 18.1 Å². The van der Waals surface area contributed by atoms with Crippen molar-refractivity contribution in [3.63, 3.8) is 0 Å². The summed E-state index contributed by atoms with van der Waals surface area (Å²) in [6.07, 6.45) is 0. The molecule has 94 valence electrons. The Kier molecular flexibility index (Phi) is 5.13. The Hall–Kier alpha value is -1.91. The Labute approximate surface area is 101 Å². The number of anilines is 1. The summed E-state index contributed by atoms with van der Waals surface area (Å²) in [7, 11) is 3.14. The van der Waals surface area contributed by atoms with Crippen LogP contribution in [0, 0.1) is 0 Å². The summed E-state index contributed by atoms with van der Waals surface area (Å²) in [5.74, 6) is 1.02. The zero-order chi connectivity index (χ0) is 12.7. The second-order valence-corrected chi connectivity index (χ2v) is 3.22. The van der Waals surface area contributed by atoms with E-state index in [1.165, 1.54) is 0 Å². The predicted octanol–water partition coefficient (Wildman–Crippen LogP) is 1.68. The van der Waals surface area contributed by atoms with Crippen molar-refractivity contribution in [1.29, 1.82) is 0 Å². The van der Waals surface area contributed by atoms with Crippen LogP contribution in [0.2, 0.25) is 0 Å². The SMILES string of the molecule is CCOC(=O)CNc1ccc(OC)cc1OC. The molecule has 1 rings (SSSR count). The van der Waals surface area contributed by atoms with E-state index in [0.717, 1.165) is 5.69 Å². The van der Waals surface area contributed by atoms with Crippen LogP contribution >= 0.6 is 0 Å². The number of hydrogen-bond donors (Lipinski definition) is 1. The fourth-order valence-electron chi connectivity index (χ4n) is 1.32. The molecule has 5 nitrogen and oxygen atoms in total. The largest absolute Gasteiger partial charge is 0.497 e. The van der Waals surface area contributed by atoms with Gasteiger partial charge >= 0.3 is 5.97 Å². The van der Waals surface area contributed by atoms with E-state index in [-0.39, 0.29) is 12.5 Å². The van der Waals surface area contributed by atoms with Gasteiger partial charge in [0.1, 0.15) is 18.0 Å². The molecule has 5 heteroatoms. The van der Waals surface area contributed by atoms with Gasteiger partial charge in [-0.25, -0.2) is 0 Å². The second kappa shape index (κ2) is 6.62. The predicted molar refractivity (Wildman–Crippen MR) is 64.7 cm³/mol. The lowest BCUT2D eigenvalue weighted by Crippen LogP contribution is -2.17. The maximum absolute atomic E-state index is 11.2. The van der Waals surface area contributed by atoms with E-state index in [2.05, 4.69) is 5.32 Å². The highest BCUT2D eigenvalue weighted by Crippen LogP contribution is 2.28. The van der Waals surface area contributed by atoms with Gasteiger partial charge in [-0.1, -0.05) is 0 Å². The first-order chi connectivity index (χ1) is 8.21. The first-order valence-corrected chi connectivity index (χ1v) is 5.32. The van der Waals surface area contributed by atoms with Gasteiger partial charge < -0.3 is 19.5 Å². The third-order valence-corrected chi connectivity index (χ3v) is 2.14. The van der Waals surface area contributed by atoms with Crippen LogP contribution in [-0.4, -0.2) is 33.3 Å². The summed E-state index contributed by atoms with van der Waals surface area (Å²) in [4.78, 5) is 11.2. The first kappa shape index (κ1) is 13.2. The lowest BCUT2D eigenvalue weighted by atomic mass is 10.2.